The van der Waals surface area contributed by atoms with Crippen molar-refractivity contribution in [3.63, 3.8) is 0 Å². The zero-order chi connectivity index (χ0) is 5.86. The molecule has 1 unspecified atom stereocenters. The fourth-order valence-corrected chi connectivity index (χ4v) is 0.443. The Balaban J connectivity index is 3.13. The van der Waals surface area contributed by atoms with Crippen molar-refractivity contribution in [3.05, 3.63) is 0 Å². The van der Waals surface area contributed by atoms with Crippen LogP contribution in [0, 0.1) is 5.41 Å². The third-order valence-electron chi connectivity index (χ3n) is 0.602. The summed E-state index contributed by atoms with van der Waals surface area (Å²) in [6.07, 6.45) is 0.150. The molecule has 0 aliphatic rings. The van der Waals surface area contributed by atoms with Crippen LogP contribution in [-0.4, -0.2) is 16.9 Å². The molecule has 0 aromatic carbocycles. The molecule has 2 heteroatoms. The van der Waals surface area contributed by atoms with Gasteiger partial charge in [-0.15, -0.1) is 0 Å². The predicted molar refractivity (Wildman–Crippen MR) is 29.7 cm³/mol. The molecule has 0 saturated heterocycles. The van der Waals surface area contributed by atoms with Crippen LogP contribution < -0.4 is 0 Å². The van der Waals surface area contributed by atoms with Gasteiger partial charge in [0.15, 0.2) is 0 Å². The smallest absolute Gasteiger partial charge is 0.0563 e. The van der Waals surface area contributed by atoms with Gasteiger partial charge in [-0.1, -0.05) is 0 Å². The fraction of sp³-hybridized carbons (Fsp3) is 0.800. The van der Waals surface area contributed by atoms with Crippen molar-refractivity contribution >= 4 is 5.71 Å². The van der Waals surface area contributed by atoms with Crippen LogP contribution in [0.2, 0.25) is 0 Å². The van der Waals surface area contributed by atoms with E-state index < -0.39 is 0 Å². The third kappa shape index (κ3) is 5.63. The molecule has 0 heterocycles. The maximum atomic E-state index is 8.58. The number of hydrogen-bond donors (Lipinski definition) is 2. The highest BCUT2D eigenvalue weighted by Gasteiger charge is 1.93. The van der Waals surface area contributed by atoms with Crippen molar-refractivity contribution in [2.45, 2.75) is 26.4 Å². The molecule has 2 nitrogen and oxygen atoms in total. The van der Waals surface area contributed by atoms with E-state index in [1.54, 1.807) is 13.8 Å². The normalized spacial score (nSPS) is 13.6. The van der Waals surface area contributed by atoms with Gasteiger partial charge >= 0.3 is 0 Å². The van der Waals surface area contributed by atoms with Crippen LogP contribution in [0.5, 0.6) is 0 Å². The second kappa shape index (κ2) is 2.75. The van der Waals surface area contributed by atoms with Crippen molar-refractivity contribution in [2.75, 3.05) is 0 Å². The van der Waals surface area contributed by atoms with Crippen molar-refractivity contribution < 1.29 is 5.11 Å². The molecule has 0 aromatic rings. The molecule has 0 saturated carbocycles. The van der Waals surface area contributed by atoms with Gasteiger partial charge in [0.2, 0.25) is 0 Å². The topological polar surface area (TPSA) is 44.1 Å². The van der Waals surface area contributed by atoms with Gasteiger partial charge in [0, 0.05) is 12.1 Å². The highest BCUT2D eigenvalue weighted by Crippen LogP contribution is 1.88. The lowest BCUT2D eigenvalue weighted by atomic mass is 10.2. The van der Waals surface area contributed by atoms with Gasteiger partial charge in [-0.05, 0) is 13.8 Å². The molecular formula is C5H11NO. The van der Waals surface area contributed by atoms with Gasteiger partial charge in [0.1, 0.15) is 0 Å². The van der Waals surface area contributed by atoms with Gasteiger partial charge in [-0.25, -0.2) is 0 Å². The molecule has 2 N–H and O–H groups in total. The Labute approximate surface area is 43.7 Å². The summed E-state index contributed by atoms with van der Waals surface area (Å²) in [4.78, 5) is 0. The monoisotopic (exact) mass is 101 g/mol. The van der Waals surface area contributed by atoms with E-state index in [4.69, 9.17) is 10.5 Å². The number of aliphatic hydroxyl groups excluding tert-OH is 1. The fourth-order valence-electron chi connectivity index (χ4n) is 0.443. The Hall–Kier alpha value is -0.370. The Morgan fingerprint density at radius 1 is 1.86 bits per heavy atom. The van der Waals surface area contributed by atoms with Crippen molar-refractivity contribution in [1.29, 1.82) is 5.41 Å². The van der Waals surface area contributed by atoms with Crippen molar-refractivity contribution in [3.8, 4) is 0 Å². The largest absolute Gasteiger partial charge is 0.393 e. The zero-order valence-electron chi connectivity index (χ0n) is 4.73. The predicted octanol–water partition coefficient (Wildman–Crippen LogP) is 0.797. The van der Waals surface area contributed by atoms with E-state index in [-0.39, 0.29) is 6.10 Å². The number of rotatable bonds is 2. The molecule has 7 heavy (non-hydrogen) atoms. The number of hydrogen-bond acceptors (Lipinski definition) is 2. The second-order valence-electron chi connectivity index (χ2n) is 1.83. The summed E-state index contributed by atoms with van der Waals surface area (Å²) in [5, 5.41) is 15.4. The van der Waals surface area contributed by atoms with E-state index in [1.807, 2.05) is 0 Å². The first-order valence-electron chi connectivity index (χ1n) is 2.35. The SMILES string of the molecule is CC(=N)CC(C)O. The maximum Gasteiger partial charge on any atom is 0.0563 e. The standard InChI is InChI=1S/C5H11NO/c1-4(6)3-5(2)7/h5-7H,3H2,1-2H3. The van der Waals surface area contributed by atoms with E-state index in [0.29, 0.717) is 12.1 Å². The first kappa shape index (κ1) is 6.63. The van der Waals surface area contributed by atoms with E-state index >= 15 is 0 Å². The maximum absolute atomic E-state index is 8.58. The van der Waals surface area contributed by atoms with Crippen LogP contribution in [0.4, 0.5) is 0 Å². The lowest BCUT2D eigenvalue weighted by Crippen LogP contribution is -2.04. The van der Waals surface area contributed by atoms with Gasteiger partial charge in [0.25, 0.3) is 0 Å². The van der Waals surface area contributed by atoms with Crippen LogP contribution in [0.3, 0.4) is 0 Å². The molecule has 1 atom stereocenters. The van der Waals surface area contributed by atoms with E-state index in [2.05, 4.69) is 0 Å². The number of aliphatic hydroxyl groups is 1. The van der Waals surface area contributed by atoms with Crippen LogP contribution in [0.25, 0.3) is 0 Å². The first-order valence-corrected chi connectivity index (χ1v) is 2.35. The third-order valence-corrected chi connectivity index (χ3v) is 0.602. The molecule has 0 fully saturated rings. The minimum absolute atomic E-state index is 0.350. The van der Waals surface area contributed by atoms with Crippen LogP contribution in [-0.2, 0) is 0 Å². The van der Waals surface area contributed by atoms with E-state index in [1.165, 1.54) is 0 Å². The molecule has 0 aliphatic carbocycles. The van der Waals surface area contributed by atoms with Gasteiger partial charge in [0.05, 0.1) is 6.10 Å². The van der Waals surface area contributed by atoms with Crippen molar-refractivity contribution in [2.24, 2.45) is 0 Å². The lowest BCUT2D eigenvalue weighted by molar-refractivity contribution is 0.203. The zero-order valence-corrected chi connectivity index (χ0v) is 4.73. The summed E-state index contributed by atoms with van der Waals surface area (Å²) in [7, 11) is 0. The van der Waals surface area contributed by atoms with Gasteiger partial charge < -0.3 is 10.5 Å². The molecule has 0 rings (SSSR count). The average molecular weight is 101 g/mol. The summed E-state index contributed by atoms with van der Waals surface area (Å²) in [6, 6.07) is 0. The minimum Gasteiger partial charge on any atom is -0.393 e. The first-order chi connectivity index (χ1) is 3.13. The summed E-state index contributed by atoms with van der Waals surface area (Å²) in [5.74, 6) is 0. The molecule has 42 valence electrons. The van der Waals surface area contributed by atoms with E-state index in [9.17, 15) is 0 Å². The van der Waals surface area contributed by atoms with Crippen molar-refractivity contribution in [1.82, 2.24) is 0 Å². The van der Waals surface area contributed by atoms with Gasteiger partial charge in [-0.2, -0.15) is 0 Å². The summed E-state index contributed by atoms with van der Waals surface area (Å²) < 4.78 is 0. The lowest BCUT2D eigenvalue weighted by Gasteiger charge is -1.97. The Morgan fingerprint density at radius 2 is 2.29 bits per heavy atom. The molecule has 0 aromatic heterocycles. The second-order valence-corrected chi connectivity index (χ2v) is 1.83. The molecular weight excluding hydrogens is 90.1 g/mol. The minimum atomic E-state index is -0.350. The average Bonchev–Trinajstić information content (AvgIpc) is 1.27. The van der Waals surface area contributed by atoms with Crippen LogP contribution >= 0.6 is 0 Å². The number of nitrogens with one attached hydrogen (secondary N) is 1. The summed E-state index contributed by atoms with van der Waals surface area (Å²) in [6.45, 7) is 3.37. The highest BCUT2D eigenvalue weighted by atomic mass is 16.3. The van der Waals surface area contributed by atoms with Crippen LogP contribution in [0.15, 0.2) is 0 Å². The quantitative estimate of drug-likeness (QED) is 0.496. The Morgan fingerprint density at radius 3 is 2.29 bits per heavy atom. The molecule has 0 bridgehead atoms. The van der Waals surface area contributed by atoms with Crippen LogP contribution in [0.1, 0.15) is 20.3 Å². The van der Waals surface area contributed by atoms with Gasteiger partial charge in [-0.3, -0.25) is 0 Å². The Bertz CT molecular complexity index is 68.5. The molecule has 0 radical (unpaired) electrons. The summed E-state index contributed by atoms with van der Waals surface area (Å²) >= 11 is 0. The molecule has 0 amide bonds. The highest BCUT2D eigenvalue weighted by molar-refractivity contribution is 5.78. The summed E-state index contributed by atoms with van der Waals surface area (Å²) in [5.41, 5.74) is 0.537. The Kier molecular flexibility index (Phi) is 2.60. The van der Waals surface area contributed by atoms with E-state index in [0.717, 1.165) is 0 Å². The molecule has 0 spiro atoms. The molecule has 0 aliphatic heterocycles.